The monoisotopic (exact) mass is 361 g/mol. The standard InChI is InChI=1S/C22H12BN3O2/c1-2-8-16-15(7-1)25-21-19-13(11-27-21)5-3-9-17(19)24-18-10-4-6-14-12-28-22(20(14)18)26(16)23(24)25/h1-12H. The summed E-state index contributed by atoms with van der Waals surface area (Å²) in [5.41, 5.74) is 4.58. The molecule has 0 amide bonds. The van der Waals surface area contributed by atoms with Crippen LogP contribution in [-0.4, -0.2) is 7.12 Å². The van der Waals surface area contributed by atoms with E-state index in [4.69, 9.17) is 8.83 Å². The van der Waals surface area contributed by atoms with Crippen molar-refractivity contribution in [3.05, 3.63) is 73.2 Å². The fraction of sp³-hybridized carbons (Fsp3) is 0. The maximum absolute atomic E-state index is 6.12. The largest absolute Gasteiger partial charge is 0.524 e. The molecule has 28 heavy (non-hydrogen) atoms. The van der Waals surface area contributed by atoms with Crippen molar-refractivity contribution in [1.82, 2.24) is 0 Å². The summed E-state index contributed by atoms with van der Waals surface area (Å²) in [4.78, 5) is 6.99. The van der Waals surface area contributed by atoms with Crippen molar-refractivity contribution >= 4 is 63.2 Å². The molecule has 0 atom stereocenters. The van der Waals surface area contributed by atoms with E-state index < -0.39 is 0 Å². The summed E-state index contributed by atoms with van der Waals surface area (Å²) in [5, 5.41) is 4.54. The van der Waals surface area contributed by atoms with Crippen LogP contribution in [0.5, 0.6) is 0 Å². The third-order valence-corrected chi connectivity index (χ3v) is 6.22. The highest BCUT2D eigenvalue weighted by Gasteiger charge is 2.56. The van der Waals surface area contributed by atoms with Crippen LogP contribution in [0.3, 0.4) is 0 Å². The van der Waals surface area contributed by atoms with Gasteiger partial charge in [-0.1, -0.05) is 36.4 Å². The summed E-state index contributed by atoms with van der Waals surface area (Å²) >= 11 is 0. The molecule has 3 aromatic carbocycles. The maximum Gasteiger partial charge on any atom is 0.524 e. The van der Waals surface area contributed by atoms with E-state index in [1.54, 1.807) is 0 Å². The minimum atomic E-state index is -0.0918. The van der Waals surface area contributed by atoms with Gasteiger partial charge in [-0.15, -0.1) is 0 Å². The van der Waals surface area contributed by atoms with Gasteiger partial charge in [0.05, 0.1) is 22.1 Å². The zero-order valence-corrected chi connectivity index (χ0v) is 14.7. The molecule has 0 fully saturated rings. The lowest BCUT2D eigenvalue weighted by Gasteiger charge is -2.43. The zero-order chi connectivity index (χ0) is 18.0. The van der Waals surface area contributed by atoms with Crippen LogP contribution in [0, 0.1) is 0 Å². The zero-order valence-electron chi connectivity index (χ0n) is 14.7. The van der Waals surface area contributed by atoms with Gasteiger partial charge in [0.15, 0.2) is 0 Å². The van der Waals surface area contributed by atoms with E-state index in [0.29, 0.717) is 0 Å². The Balaban J connectivity index is 1.62. The molecule has 2 aromatic heterocycles. The van der Waals surface area contributed by atoms with Crippen LogP contribution in [0.1, 0.15) is 0 Å². The van der Waals surface area contributed by atoms with E-state index in [0.717, 1.165) is 44.7 Å². The van der Waals surface area contributed by atoms with Crippen molar-refractivity contribution in [1.29, 1.82) is 0 Å². The highest BCUT2D eigenvalue weighted by molar-refractivity contribution is 6.80. The molecule has 5 aromatic rings. The number of benzene rings is 3. The lowest BCUT2D eigenvalue weighted by molar-refractivity contribution is 0.577. The first-order valence-corrected chi connectivity index (χ1v) is 9.39. The third-order valence-electron chi connectivity index (χ3n) is 6.22. The van der Waals surface area contributed by atoms with Crippen LogP contribution in [0.25, 0.3) is 21.5 Å². The van der Waals surface area contributed by atoms with Crippen molar-refractivity contribution in [3.8, 4) is 0 Å². The van der Waals surface area contributed by atoms with Crippen LogP contribution in [0.2, 0.25) is 0 Å². The molecule has 3 aliphatic rings. The third kappa shape index (κ3) is 1.25. The van der Waals surface area contributed by atoms with Crippen molar-refractivity contribution in [2.75, 3.05) is 14.4 Å². The molecule has 0 N–H and O–H groups in total. The van der Waals surface area contributed by atoms with Gasteiger partial charge in [0.2, 0.25) is 11.8 Å². The second kappa shape index (κ2) is 4.20. The van der Waals surface area contributed by atoms with Crippen LogP contribution in [0.15, 0.2) is 82.0 Å². The van der Waals surface area contributed by atoms with Crippen molar-refractivity contribution in [2.24, 2.45) is 0 Å². The SMILES string of the molecule is c1ccc2c(c1)N1B3N(c4cccc5coc1c45)c1cccc4coc(c14)N32. The Hall–Kier alpha value is -3.80. The fourth-order valence-electron chi connectivity index (χ4n) is 5.16. The minimum absolute atomic E-state index is 0.0918. The number of rotatable bonds is 0. The van der Waals surface area contributed by atoms with Gasteiger partial charge in [0.25, 0.3) is 0 Å². The van der Waals surface area contributed by atoms with Crippen LogP contribution in [0.4, 0.5) is 34.5 Å². The van der Waals surface area contributed by atoms with E-state index >= 15 is 0 Å². The smallest absolute Gasteiger partial charge is 0.448 e. The summed E-state index contributed by atoms with van der Waals surface area (Å²) in [6.07, 6.45) is 3.71. The Morgan fingerprint density at radius 2 is 1.04 bits per heavy atom. The number of nitrogens with zero attached hydrogens (tertiary/aromatic N) is 3. The summed E-state index contributed by atoms with van der Waals surface area (Å²) < 4.78 is 12.2. The molecule has 0 radical (unpaired) electrons. The molecule has 5 nitrogen and oxygen atoms in total. The average molecular weight is 361 g/mol. The second-order valence-electron chi connectivity index (χ2n) is 7.51. The molecule has 0 saturated carbocycles. The second-order valence-corrected chi connectivity index (χ2v) is 7.51. The average Bonchev–Trinajstić information content (AvgIpc) is 3.43. The molecule has 3 aliphatic heterocycles. The maximum atomic E-state index is 6.12. The molecule has 0 spiro atoms. The molecular formula is C22H12BN3O2. The Morgan fingerprint density at radius 1 is 0.536 bits per heavy atom. The minimum Gasteiger partial charge on any atom is -0.448 e. The molecular weight excluding hydrogens is 349 g/mol. The predicted octanol–water partition coefficient (Wildman–Crippen LogP) is 5.92. The van der Waals surface area contributed by atoms with E-state index in [1.165, 1.54) is 11.4 Å². The van der Waals surface area contributed by atoms with Crippen molar-refractivity contribution in [2.45, 2.75) is 0 Å². The number of hydrogen-bond acceptors (Lipinski definition) is 5. The van der Waals surface area contributed by atoms with Crippen molar-refractivity contribution in [3.63, 3.8) is 0 Å². The number of furan rings is 2. The lowest BCUT2D eigenvalue weighted by atomic mass is 9.78. The van der Waals surface area contributed by atoms with Gasteiger partial charge < -0.3 is 23.3 Å². The molecule has 0 bridgehead atoms. The van der Waals surface area contributed by atoms with Crippen LogP contribution in [-0.2, 0) is 0 Å². The molecule has 6 heteroatoms. The molecule has 5 heterocycles. The normalized spacial score (nSPS) is 15.6. The number of anilines is 6. The fourth-order valence-corrected chi connectivity index (χ4v) is 5.16. The van der Waals surface area contributed by atoms with E-state index in [-0.39, 0.29) is 7.12 Å². The molecule has 0 saturated heterocycles. The summed E-state index contributed by atoms with van der Waals surface area (Å²) in [5.74, 6) is 1.79. The summed E-state index contributed by atoms with van der Waals surface area (Å²) in [6.45, 7) is 0. The first-order valence-electron chi connectivity index (χ1n) is 9.39. The lowest BCUT2D eigenvalue weighted by Crippen LogP contribution is -2.58. The van der Waals surface area contributed by atoms with Crippen LogP contribution >= 0.6 is 0 Å². The Bertz CT molecular complexity index is 1360. The van der Waals surface area contributed by atoms with Gasteiger partial charge in [-0.05, 0) is 24.3 Å². The number of para-hydroxylation sites is 2. The Labute approximate surface area is 160 Å². The molecule has 8 rings (SSSR count). The highest BCUT2D eigenvalue weighted by atomic mass is 16.4. The number of hydrogen-bond donors (Lipinski definition) is 0. The Kier molecular flexibility index (Phi) is 2.01. The van der Waals surface area contributed by atoms with Gasteiger partial charge in [-0.3, -0.25) is 0 Å². The van der Waals surface area contributed by atoms with E-state index in [9.17, 15) is 0 Å². The van der Waals surface area contributed by atoms with E-state index in [1.807, 2.05) is 12.5 Å². The first-order chi connectivity index (χ1) is 13.9. The van der Waals surface area contributed by atoms with Gasteiger partial charge in [-0.25, -0.2) is 0 Å². The highest BCUT2D eigenvalue weighted by Crippen LogP contribution is 2.59. The molecule has 0 aliphatic carbocycles. The number of fused-ring (bicyclic) bond motifs is 7. The molecule has 0 unspecified atom stereocenters. The summed E-state index contributed by atoms with van der Waals surface area (Å²) in [7, 11) is -0.0918. The molecule has 130 valence electrons. The van der Waals surface area contributed by atoms with Gasteiger partial charge in [-0.2, -0.15) is 0 Å². The van der Waals surface area contributed by atoms with Gasteiger partial charge >= 0.3 is 7.12 Å². The quantitative estimate of drug-likeness (QED) is 0.320. The Morgan fingerprint density at radius 3 is 1.57 bits per heavy atom. The van der Waals surface area contributed by atoms with Gasteiger partial charge in [0, 0.05) is 22.1 Å². The van der Waals surface area contributed by atoms with E-state index in [2.05, 4.69) is 75.1 Å². The summed E-state index contributed by atoms with van der Waals surface area (Å²) in [6, 6.07) is 21.2. The first kappa shape index (κ1) is 13.4. The predicted molar refractivity (Wildman–Crippen MR) is 111 cm³/mol. The van der Waals surface area contributed by atoms with Gasteiger partial charge in [0.1, 0.15) is 12.5 Å². The van der Waals surface area contributed by atoms with Crippen molar-refractivity contribution < 1.29 is 8.83 Å². The van der Waals surface area contributed by atoms with Crippen LogP contribution < -0.4 is 14.4 Å². The topological polar surface area (TPSA) is 36.0 Å².